The van der Waals surface area contributed by atoms with Gasteiger partial charge in [-0.2, -0.15) is 0 Å². The predicted octanol–water partition coefficient (Wildman–Crippen LogP) is 3.56. The van der Waals surface area contributed by atoms with E-state index in [0.717, 1.165) is 11.1 Å². The second-order valence-corrected chi connectivity index (χ2v) is 12.6. The van der Waals surface area contributed by atoms with Crippen LogP contribution in [0.15, 0.2) is 47.6 Å². The molecule has 0 heterocycles. The van der Waals surface area contributed by atoms with Crippen LogP contribution in [-0.4, -0.2) is 68.2 Å². The molecule has 4 aliphatic carbocycles. The summed E-state index contributed by atoms with van der Waals surface area (Å²) < 4.78 is 9.72. The first-order valence-corrected chi connectivity index (χ1v) is 15.7. The van der Waals surface area contributed by atoms with E-state index in [2.05, 4.69) is 0 Å². The molecule has 0 aliphatic heterocycles. The fraction of sp³-hybridized carbons (Fsp3) is 0.529. The van der Waals surface area contributed by atoms with Crippen LogP contribution in [-0.2, 0) is 47.8 Å². The molecule has 0 aromatic rings. The summed E-state index contributed by atoms with van der Waals surface area (Å²) in [7, 11) is 0. The highest BCUT2D eigenvalue weighted by Gasteiger charge is 2.42. The summed E-state index contributed by atoms with van der Waals surface area (Å²) in [4.78, 5) is 94.0. The van der Waals surface area contributed by atoms with E-state index < -0.39 is 95.1 Å². The minimum Gasteiger partial charge on any atom is -0.481 e. The summed E-state index contributed by atoms with van der Waals surface area (Å²) in [5.41, 5.74) is 1.75. The minimum atomic E-state index is -1.12. The summed E-state index contributed by atoms with van der Waals surface area (Å²) in [5, 5.41) is 36.9. The molecule has 0 aromatic heterocycles. The third-order valence-corrected chi connectivity index (χ3v) is 9.24. The van der Waals surface area contributed by atoms with Crippen molar-refractivity contribution in [2.75, 3.05) is 0 Å². The van der Waals surface area contributed by atoms with E-state index in [1.807, 2.05) is 0 Å². The zero-order valence-electron chi connectivity index (χ0n) is 26.6. The molecule has 4 aliphatic rings. The lowest BCUT2D eigenvalue weighted by molar-refractivity contribution is -0.173. The largest absolute Gasteiger partial charge is 0.481 e. The van der Waals surface area contributed by atoms with E-state index in [9.17, 15) is 48.6 Å². The van der Waals surface area contributed by atoms with E-state index in [-0.39, 0.29) is 51.4 Å². The number of allylic oxidation sites excluding steroid dienone is 8. The van der Waals surface area contributed by atoms with Gasteiger partial charge in [0.05, 0.1) is 47.3 Å². The highest BCUT2D eigenvalue weighted by Crippen LogP contribution is 2.34. The molecule has 4 rings (SSSR count). The zero-order chi connectivity index (χ0) is 35.7. The molecule has 8 atom stereocenters. The molecule has 0 aromatic carbocycles. The van der Waals surface area contributed by atoms with Crippen molar-refractivity contribution in [3.8, 4) is 0 Å². The molecule has 0 fully saturated rings. The highest BCUT2D eigenvalue weighted by atomic mass is 16.6. The van der Waals surface area contributed by atoms with Gasteiger partial charge in [0, 0.05) is 0 Å². The Kier molecular flexibility index (Phi) is 13.1. The first kappa shape index (κ1) is 37.6. The molecule has 0 saturated carbocycles. The van der Waals surface area contributed by atoms with Gasteiger partial charge >= 0.3 is 47.8 Å². The molecule has 0 bridgehead atoms. The van der Waals surface area contributed by atoms with Crippen molar-refractivity contribution in [1.82, 2.24) is 0 Å². The Morgan fingerprint density at radius 1 is 0.438 bits per heavy atom. The van der Waals surface area contributed by atoms with Crippen LogP contribution < -0.4 is 0 Å². The van der Waals surface area contributed by atoms with Gasteiger partial charge < -0.3 is 29.9 Å². The number of aliphatic carboxylic acids is 4. The third-order valence-electron chi connectivity index (χ3n) is 9.24. The first-order valence-electron chi connectivity index (χ1n) is 15.7. The van der Waals surface area contributed by atoms with Crippen molar-refractivity contribution in [3.63, 3.8) is 0 Å². The third kappa shape index (κ3) is 9.58. The van der Waals surface area contributed by atoms with Gasteiger partial charge in [0.25, 0.3) is 0 Å². The number of ether oxygens (including phenoxy) is 2. The molecule has 0 amide bonds. The molecule has 260 valence electrons. The molecule has 14 heteroatoms. The normalized spacial score (nSPS) is 29.5. The second-order valence-electron chi connectivity index (χ2n) is 12.6. The molecular weight excluding hydrogens is 632 g/mol. The van der Waals surface area contributed by atoms with Gasteiger partial charge in [0.1, 0.15) is 0 Å². The van der Waals surface area contributed by atoms with Crippen molar-refractivity contribution in [2.24, 2.45) is 47.3 Å². The fourth-order valence-electron chi connectivity index (χ4n) is 6.37. The van der Waals surface area contributed by atoms with E-state index >= 15 is 0 Å². The average molecular weight is 673 g/mol. The van der Waals surface area contributed by atoms with Crippen molar-refractivity contribution >= 4 is 47.8 Å². The predicted molar refractivity (Wildman–Crippen MR) is 163 cm³/mol. The van der Waals surface area contributed by atoms with Crippen LogP contribution in [0.5, 0.6) is 0 Å². The Morgan fingerprint density at radius 2 is 0.688 bits per heavy atom. The standard InChI is InChI=1S/C18H22O7.C16H18O7/c1-9-3-5-11(13(7-9)15(19)20)17(23)25-18(24)12-6-4-10(2)8-14(12)16(21)22;17-13(18)9-5-1-3-7-11(9)15(21)23-16(22)12-8-4-2-6-10(12)14(19)20/h3-4,11-14H,5-8H2,1-2H3,(H,19,20)(H,21,22);1-4,9-12H,5-8H2,(H,17,18)(H,19,20). The Bertz CT molecular complexity index is 1340. The molecule has 0 radical (unpaired) electrons. The zero-order valence-corrected chi connectivity index (χ0v) is 26.6. The number of carboxylic acid groups (broad SMARTS) is 4. The van der Waals surface area contributed by atoms with Crippen LogP contribution in [0.1, 0.15) is 65.2 Å². The summed E-state index contributed by atoms with van der Waals surface area (Å²) >= 11 is 0. The van der Waals surface area contributed by atoms with Crippen LogP contribution in [0.25, 0.3) is 0 Å². The maximum absolute atomic E-state index is 12.3. The van der Waals surface area contributed by atoms with E-state index in [4.69, 9.17) is 19.7 Å². The Labute approximate surface area is 276 Å². The summed E-state index contributed by atoms with van der Waals surface area (Å²) in [5.74, 6) is -15.5. The van der Waals surface area contributed by atoms with Crippen molar-refractivity contribution in [1.29, 1.82) is 0 Å². The lowest BCUT2D eigenvalue weighted by atomic mass is 9.79. The van der Waals surface area contributed by atoms with Crippen LogP contribution in [0.2, 0.25) is 0 Å². The number of rotatable bonds is 8. The van der Waals surface area contributed by atoms with Gasteiger partial charge in [-0.25, -0.2) is 0 Å². The summed E-state index contributed by atoms with van der Waals surface area (Å²) in [6, 6.07) is 0. The van der Waals surface area contributed by atoms with Gasteiger partial charge in [0.15, 0.2) is 0 Å². The Morgan fingerprint density at radius 3 is 0.958 bits per heavy atom. The topological polar surface area (TPSA) is 236 Å². The molecule has 48 heavy (non-hydrogen) atoms. The SMILES string of the molecule is CC1=CCC(C(=O)OC(=O)C2CC=C(C)CC2C(=O)O)C(C(=O)O)C1.O=C(O)C1CC=CCC1C(=O)OC(=O)C1CC=CCC1C(=O)O. The molecular formula is C34H40O14. The lowest BCUT2D eigenvalue weighted by Gasteiger charge is -2.28. The fourth-order valence-corrected chi connectivity index (χ4v) is 6.37. The number of esters is 4. The van der Waals surface area contributed by atoms with Crippen LogP contribution in [0, 0.1) is 47.3 Å². The lowest BCUT2D eigenvalue weighted by Crippen LogP contribution is -2.38. The number of hydrogen-bond donors (Lipinski definition) is 4. The van der Waals surface area contributed by atoms with E-state index in [1.165, 1.54) is 0 Å². The van der Waals surface area contributed by atoms with Gasteiger partial charge in [-0.15, -0.1) is 0 Å². The number of carbonyl (C=O) groups excluding carboxylic acids is 4. The second kappa shape index (κ2) is 16.8. The smallest absolute Gasteiger partial charge is 0.317 e. The summed E-state index contributed by atoms with van der Waals surface area (Å²) in [6.07, 6.45) is 11.9. The molecule has 0 saturated heterocycles. The maximum Gasteiger partial charge on any atom is 0.317 e. The van der Waals surface area contributed by atoms with Crippen LogP contribution >= 0.6 is 0 Å². The molecule has 4 N–H and O–H groups in total. The van der Waals surface area contributed by atoms with Crippen LogP contribution in [0.3, 0.4) is 0 Å². The van der Waals surface area contributed by atoms with E-state index in [1.54, 1.807) is 50.3 Å². The molecule has 14 nitrogen and oxygen atoms in total. The Hall–Kier alpha value is -4.88. The van der Waals surface area contributed by atoms with Crippen molar-refractivity contribution in [3.05, 3.63) is 47.6 Å². The van der Waals surface area contributed by atoms with Gasteiger partial charge in [-0.05, 0) is 65.2 Å². The molecule has 0 spiro atoms. The van der Waals surface area contributed by atoms with Gasteiger partial charge in [0.2, 0.25) is 0 Å². The summed E-state index contributed by atoms with van der Waals surface area (Å²) in [6.45, 7) is 3.58. The van der Waals surface area contributed by atoms with Crippen molar-refractivity contribution < 1.29 is 68.3 Å². The highest BCUT2D eigenvalue weighted by molar-refractivity contribution is 5.93. The van der Waals surface area contributed by atoms with E-state index in [0.29, 0.717) is 0 Å². The first-order chi connectivity index (χ1) is 22.6. The number of carboxylic acids is 4. The Balaban J connectivity index is 0.000000261. The average Bonchev–Trinajstić information content (AvgIpc) is 3.04. The van der Waals surface area contributed by atoms with Crippen molar-refractivity contribution in [2.45, 2.75) is 65.2 Å². The minimum absolute atomic E-state index is 0.190. The quantitative estimate of drug-likeness (QED) is 0.164. The molecule has 8 unspecified atom stereocenters. The van der Waals surface area contributed by atoms with Gasteiger partial charge in [-0.3, -0.25) is 38.4 Å². The monoisotopic (exact) mass is 672 g/mol. The maximum atomic E-state index is 12.3. The number of carbonyl (C=O) groups is 8. The van der Waals surface area contributed by atoms with Crippen LogP contribution in [0.4, 0.5) is 0 Å². The van der Waals surface area contributed by atoms with Gasteiger partial charge in [-0.1, -0.05) is 47.6 Å². The number of hydrogen-bond acceptors (Lipinski definition) is 10.